The molecule has 20 heavy (non-hydrogen) atoms. The third-order valence-corrected chi connectivity index (χ3v) is 3.93. The standard InChI is InChI=1S/C14H13BrN2O3/c1-7-3-9-4-8(5-10(15)13(9)20-7)12-6-11(14(18)19)16-17(12)2/h4-7H,3H2,1-2H3,(H,18,19). The maximum Gasteiger partial charge on any atom is 0.356 e. The number of carboxylic acids is 1. The van der Waals surface area contributed by atoms with Crippen LogP contribution in [-0.4, -0.2) is 27.0 Å². The quantitative estimate of drug-likeness (QED) is 0.915. The van der Waals surface area contributed by atoms with Crippen molar-refractivity contribution in [1.29, 1.82) is 0 Å². The first-order valence-corrected chi connectivity index (χ1v) is 7.02. The summed E-state index contributed by atoms with van der Waals surface area (Å²) in [5, 5.41) is 13.0. The van der Waals surface area contributed by atoms with Crippen molar-refractivity contribution in [2.24, 2.45) is 7.05 Å². The molecule has 1 N–H and O–H groups in total. The van der Waals surface area contributed by atoms with E-state index in [1.807, 2.05) is 19.1 Å². The van der Waals surface area contributed by atoms with E-state index in [2.05, 4.69) is 21.0 Å². The first-order chi connectivity index (χ1) is 9.45. The number of aryl methyl sites for hydroxylation is 1. The van der Waals surface area contributed by atoms with Crippen molar-refractivity contribution in [2.75, 3.05) is 0 Å². The molecule has 0 saturated carbocycles. The summed E-state index contributed by atoms with van der Waals surface area (Å²) in [6, 6.07) is 5.54. The molecule has 0 amide bonds. The van der Waals surface area contributed by atoms with E-state index in [4.69, 9.17) is 9.84 Å². The van der Waals surface area contributed by atoms with Gasteiger partial charge in [-0.05, 0) is 46.6 Å². The lowest BCUT2D eigenvalue weighted by molar-refractivity contribution is 0.0689. The molecule has 1 aromatic carbocycles. The summed E-state index contributed by atoms with van der Waals surface area (Å²) in [5.74, 6) is -0.147. The minimum Gasteiger partial charge on any atom is -0.489 e. The van der Waals surface area contributed by atoms with Gasteiger partial charge in [0.15, 0.2) is 5.69 Å². The van der Waals surface area contributed by atoms with Crippen LogP contribution in [0.15, 0.2) is 22.7 Å². The number of benzene rings is 1. The molecule has 0 bridgehead atoms. The summed E-state index contributed by atoms with van der Waals surface area (Å²) in [5.41, 5.74) is 2.87. The molecule has 0 aliphatic carbocycles. The summed E-state index contributed by atoms with van der Waals surface area (Å²) < 4.78 is 8.20. The number of hydrogen-bond acceptors (Lipinski definition) is 3. The van der Waals surface area contributed by atoms with Gasteiger partial charge < -0.3 is 9.84 Å². The van der Waals surface area contributed by atoms with Gasteiger partial charge in [0.1, 0.15) is 11.9 Å². The number of halogens is 1. The largest absolute Gasteiger partial charge is 0.489 e. The topological polar surface area (TPSA) is 64.3 Å². The molecule has 1 aliphatic rings. The molecule has 3 rings (SSSR count). The maximum absolute atomic E-state index is 11.0. The highest BCUT2D eigenvalue weighted by atomic mass is 79.9. The van der Waals surface area contributed by atoms with Crippen molar-refractivity contribution in [3.63, 3.8) is 0 Å². The number of nitrogens with zero attached hydrogens (tertiary/aromatic N) is 2. The lowest BCUT2D eigenvalue weighted by Gasteiger charge is -2.07. The van der Waals surface area contributed by atoms with Gasteiger partial charge in [0.2, 0.25) is 0 Å². The van der Waals surface area contributed by atoms with Gasteiger partial charge in [0.25, 0.3) is 0 Å². The Kier molecular flexibility index (Phi) is 3.05. The fourth-order valence-corrected chi connectivity index (χ4v) is 3.07. The molecule has 0 fully saturated rings. The fourth-order valence-electron chi connectivity index (χ4n) is 2.48. The number of aromatic nitrogens is 2. The van der Waals surface area contributed by atoms with E-state index >= 15 is 0 Å². The third kappa shape index (κ3) is 2.10. The molecule has 5 nitrogen and oxygen atoms in total. The highest BCUT2D eigenvalue weighted by molar-refractivity contribution is 9.10. The van der Waals surface area contributed by atoms with Crippen LogP contribution in [0.4, 0.5) is 0 Å². The van der Waals surface area contributed by atoms with Crippen LogP contribution in [0.25, 0.3) is 11.3 Å². The van der Waals surface area contributed by atoms with Gasteiger partial charge in [-0.3, -0.25) is 4.68 Å². The van der Waals surface area contributed by atoms with E-state index < -0.39 is 5.97 Å². The second-order valence-electron chi connectivity index (χ2n) is 4.92. The van der Waals surface area contributed by atoms with Crippen LogP contribution in [-0.2, 0) is 13.5 Å². The van der Waals surface area contributed by atoms with Gasteiger partial charge in [-0.2, -0.15) is 5.10 Å². The molecule has 2 aromatic rings. The van der Waals surface area contributed by atoms with Gasteiger partial charge in [0.05, 0.1) is 10.2 Å². The number of fused-ring (bicyclic) bond motifs is 1. The van der Waals surface area contributed by atoms with Gasteiger partial charge in [-0.1, -0.05) is 0 Å². The molecule has 104 valence electrons. The van der Waals surface area contributed by atoms with Gasteiger partial charge in [0, 0.05) is 19.0 Å². The zero-order chi connectivity index (χ0) is 14.4. The Morgan fingerprint density at radius 3 is 2.90 bits per heavy atom. The van der Waals surface area contributed by atoms with Crippen molar-refractivity contribution in [2.45, 2.75) is 19.4 Å². The highest BCUT2D eigenvalue weighted by Crippen LogP contribution is 2.39. The Balaban J connectivity index is 2.10. The van der Waals surface area contributed by atoms with Gasteiger partial charge in [-0.25, -0.2) is 4.79 Å². The molecule has 1 unspecified atom stereocenters. The maximum atomic E-state index is 11.0. The number of hydrogen-bond donors (Lipinski definition) is 1. The lowest BCUT2D eigenvalue weighted by atomic mass is 10.0. The summed E-state index contributed by atoms with van der Waals surface area (Å²) in [6.07, 6.45) is 1.02. The molecule has 1 atom stereocenters. The molecular formula is C14H13BrN2O3. The zero-order valence-electron chi connectivity index (χ0n) is 11.1. The van der Waals surface area contributed by atoms with Crippen LogP contribution in [0.2, 0.25) is 0 Å². The Labute approximate surface area is 124 Å². The minimum absolute atomic E-state index is 0.0451. The van der Waals surface area contributed by atoms with E-state index in [1.165, 1.54) is 0 Å². The average Bonchev–Trinajstić information content (AvgIpc) is 2.92. The Bertz CT molecular complexity index is 709. The van der Waals surface area contributed by atoms with Crippen LogP contribution in [0.3, 0.4) is 0 Å². The third-order valence-electron chi connectivity index (χ3n) is 3.34. The van der Waals surface area contributed by atoms with Crippen LogP contribution < -0.4 is 4.74 Å². The number of rotatable bonds is 2. The molecule has 0 saturated heterocycles. The minimum atomic E-state index is -1.02. The molecule has 2 heterocycles. The molecule has 1 aliphatic heterocycles. The average molecular weight is 337 g/mol. The van der Waals surface area contributed by atoms with Crippen LogP contribution in [0.5, 0.6) is 5.75 Å². The highest BCUT2D eigenvalue weighted by Gasteiger charge is 2.23. The van der Waals surface area contributed by atoms with E-state index in [1.54, 1.807) is 17.8 Å². The van der Waals surface area contributed by atoms with Crippen molar-refractivity contribution in [3.8, 4) is 17.0 Å². The van der Waals surface area contributed by atoms with E-state index in [0.29, 0.717) is 0 Å². The summed E-state index contributed by atoms with van der Waals surface area (Å²) in [7, 11) is 1.74. The molecular weight excluding hydrogens is 324 g/mol. The van der Waals surface area contributed by atoms with Crippen molar-refractivity contribution < 1.29 is 14.6 Å². The van der Waals surface area contributed by atoms with Crippen LogP contribution >= 0.6 is 15.9 Å². The van der Waals surface area contributed by atoms with Crippen molar-refractivity contribution >= 4 is 21.9 Å². The molecule has 1 aromatic heterocycles. The fraction of sp³-hybridized carbons (Fsp3) is 0.286. The van der Waals surface area contributed by atoms with E-state index in [-0.39, 0.29) is 11.8 Å². The number of carboxylic acid groups (broad SMARTS) is 1. The predicted molar refractivity (Wildman–Crippen MR) is 77.1 cm³/mol. The monoisotopic (exact) mass is 336 g/mol. The zero-order valence-corrected chi connectivity index (χ0v) is 12.6. The first-order valence-electron chi connectivity index (χ1n) is 6.22. The second kappa shape index (κ2) is 4.63. The van der Waals surface area contributed by atoms with Crippen LogP contribution in [0, 0.1) is 0 Å². The summed E-state index contributed by atoms with van der Waals surface area (Å²) in [6.45, 7) is 2.03. The lowest BCUT2D eigenvalue weighted by Crippen LogP contribution is -2.05. The van der Waals surface area contributed by atoms with Crippen molar-refractivity contribution in [1.82, 2.24) is 9.78 Å². The van der Waals surface area contributed by atoms with Gasteiger partial charge in [-0.15, -0.1) is 0 Å². The smallest absolute Gasteiger partial charge is 0.356 e. The molecule has 6 heteroatoms. The normalized spacial score (nSPS) is 16.9. The van der Waals surface area contributed by atoms with Gasteiger partial charge >= 0.3 is 5.97 Å². The summed E-state index contributed by atoms with van der Waals surface area (Å²) in [4.78, 5) is 11.0. The van der Waals surface area contributed by atoms with Crippen LogP contribution in [0.1, 0.15) is 23.0 Å². The Hall–Kier alpha value is -1.82. The predicted octanol–water partition coefficient (Wildman–Crippen LogP) is 2.87. The molecule has 0 spiro atoms. The number of ether oxygens (including phenoxy) is 1. The van der Waals surface area contributed by atoms with E-state index in [9.17, 15) is 4.79 Å². The molecule has 0 radical (unpaired) electrons. The summed E-state index contributed by atoms with van der Waals surface area (Å²) >= 11 is 3.51. The van der Waals surface area contributed by atoms with Crippen molar-refractivity contribution in [3.05, 3.63) is 33.9 Å². The Morgan fingerprint density at radius 2 is 2.25 bits per heavy atom. The number of carbonyl (C=O) groups is 1. The second-order valence-corrected chi connectivity index (χ2v) is 5.78. The Morgan fingerprint density at radius 1 is 1.50 bits per heavy atom. The number of aromatic carboxylic acids is 1. The SMILES string of the molecule is CC1Cc2cc(-c3cc(C(=O)O)nn3C)cc(Br)c2O1. The van der Waals surface area contributed by atoms with E-state index in [0.717, 1.165) is 33.5 Å². The first kappa shape index (κ1) is 13.2.